The molecule has 1 rings (SSSR count). The van der Waals surface area contributed by atoms with Crippen LogP contribution < -0.4 is 0 Å². The highest BCUT2D eigenvalue weighted by Gasteiger charge is 2.06. The summed E-state index contributed by atoms with van der Waals surface area (Å²) in [5, 5.41) is 9.09. The van der Waals surface area contributed by atoms with E-state index in [9.17, 15) is 0 Å². The number of aliphatic hydroxyl groups is 1. The van der Waals surface area contributed by atoms with Gasteiger partial charge in [-0.15, -0.1) is 0 Å². The fourth-order valence-corrected chi connectivity index (χ4v) is 1.69. The molecule has 1 atom stereocenters. The van der Waals surface area contributed by atoms with Gasteiger partial charge in [-0.25, -0.2) is 0 Å². The molecule has 12 heavy (non-hydrogen) atoms. The van der Waals surface area contributed by atoms with Crippen molar-refractivity contribution >= 4 is 11.8 Å². The van der Waals surface area contributed by atoms with E-state index in [1.807, 2.05) is 36.3 Å². The lowest BCUT2D eigenvalue weighted by Crippen LogP contribution is -2.12. The normalized spacial score (nSPS) is 13.2. The Labute approximate surface area is 77.6 Å². The summed E-state index contributed by atoms with van der Waals surface area (Å²) in [5.41, 5.74) is 0. The molecular weight excluding hydrogens is 170 g/mol. The second-order valence-electron chi connectivity index (χ2n) is 2.75. The zero-order chi connectivity index (χ0) is 8.81. The average Bonchev–Trinajstić information content (AvgIpc) is 2.59. The predicted octanol–water partition coefficient (Wildman–Crippen LogP) is 1.77. The van der Waals surface area contributed by atoms with Crippen molar-refractivity contribution in [1.29, 1.82) is 0 Å². The second-order valence-corrected chi connectivity index (χ2v) is 3.73. The first-order valence-corrected chi connectivity index (χ1v) is 5.50. The summed E-state index contributed by atoms with van der Waals surface area (Å²) >= 11 is 1.82. The Bertz CT molecular complexity index is 198. The van der Waals surface area contributed by atoms with Crippen LogP contribution in [0.3, 0.4) is 0 Å². The van der Waals surface area contributed by atoms with Gasteiger partial charge in [0.25, 0.3) is 0 Å². The highest BCUT2D eigenvalue weighted by molar-refractivity contribution is 7.98. The van der Waals surface area contributed by atoms with Crippen molar-refractivity contribution in [3.8, 4) is 0 Å². The van der Waals surface area contributed by atoms with E-state index in [0.29, 0.717) is 0 Å². The zero-order valence-corrected chi connectivity index (χ0v) is 8.13. The van der Waals surface area contributed by atoms with Crippen LogP contribution in [0.4, 0.5) is 0 Å². The minimum absolute atomic E-state index is 0.231. The number of aliphatic hydroxyl groups excluding tert-OH is 1. The molecule has 0 aromatic carbocycles. The van der Waals surface area contributed by atoms with Crippen LogP contribution in [0.2, 0.25) is 0 Å². The lowest BCUT2D eigenvalue weighted by atomic mass is 10.2. The summed E-state index contributed by atoms with van der Waals surface area (Å²) in [6, 6.07) is 4.23. The average molecular weight is 185 g/mol. The predicted molar refractivity (Wildman–Crippen MR) is 53.6 cm³/mol. The van der Waals surface area contributed by atoms with Gasteiger partial charge in [-0.2, -0.15) is 11.8 Å². The third kappa shape index (κ3) is 2.57. The molecule has 3 heteroatoms. The molecule has 1 heterocycles. The molecule has 0 amide bonds. The first kappa shape index (κ1) is 9.68. The van der Waals surface area contributed by atoms with Gasteiger partial charge in [-0.1, -0.05) is 0 Å². The summed E-state index contributed by atoms with van der Waals surface area (Å²) in [5.74, 6) is 1.10. The van der Waals surface area contributed by atoms with E-state index >= 15 is 0 Å². The number of nitrogens with zero attached hydrogens (tertiary/aromatic N) is 1. The molecule has 1 N–H and O–H groups in total. The van der Waals surface area contributed by atoms with Crippen LogP contribution in [-0.2, 0) is 0 Å². The van der Waals surface area contributed by atoms with Crippen LogP contribution in [0.25, 0.3) is 0 Å². The number of hydrogen-bond acceptors (Lipinski definition) is 2. The first-order valence-electron chi connectivity index (χ1n) is 4.10. The van der Waals surface area contributed by atoms with Crippen LogP contribution in [0, 0.1) is 0 Å². The van der Waals surface area contributed by atoms with Crippen molar-refractivity contribution in [3.05, 3.63) is 24.5 Å². The zero-order valence-electron chi connectivity index (χ0n) is 7.31. The highest BCUT2D eigenvalue weighted by atomic mass is 32.2. The van der Waals surface area contributed by atoms with Gasteiger partial charge in [0, 0.05) is 12.4 Å². The topological polar surface area (TPSA) is 25.2 Å². The van der Waals surface area contributed by atoms with Crippen LogP contribution in [0.1, 0.15) is 12.5 Å². The monoisotopic (exact) mass is 185 g/mol. The molecule has 68 valence electrons. The molecule has 0 aliphatic heterocycles. The molecule has 2 nitrogen and oxygen atoms in total. The van der Waals surface area contributed by atoms with E-state index < -0.39 is 0 Å². The molecule has 0 unspecified atom stereocenters. The number of hydrogen-bond donors (Lipinski definition) is 1. The smallest absolute Gasteiger partial charge is 0.0639 e. The van der Waals surface area contributed by atoms with E-state index in [-0.39, 0.29) is 12.6 Å². The highest BCUT2D eigenvalue weighted by Crippen LogP contribution is 2.13. The first-order chi connectivity index (χ1) is 5.88. The van der Waals surface area contributed by atoms with Gasteiger partial charge in [-0.05, 0) is 30.6 Å². The molecule has 0 radical (unpaired) electrons. The molecule has 0 aliphatic rings. The third-order valence-corrected chi connectivity index (χ3v) is 2.56. The Morgan fingerprint density at radius 1 is 1.42 bits per heavy atom. The van der Waals surface area contributed by atoms with E-state index in [1.54, 1.807) is 0 Å². The number of aromatic nitrogens is 1. The molecule has 1 aromatic heterocycles. The van der Waals surface area contributed by atoms with Crippen LogP contribution in [-0.4, -0.2) is 28.3 Å². The molecule has 0 saturated heterocycles. The summed E-state index contributed by atoms with van der Waals surface area (Å²) in [7, 11) is 0. The van der Waals surface area contributed by atoms with Gasteiger partial charge in [-0.3, -0.25) is 0 Å². The quantitative estimate of drug-likeness (QED) is 0.756. The van der Waals surface area contributed by atoms with Crippen molar-refractivity contribution in [1.82, 2.24) is 4.57 Å². The summed E-state index contributed by atoms with van der Waals surface area (Å²) in [6.45, 7) is 0.231. The van der Waals surface area contributed by atoms with Crippen molar-refractivity contribution in [2.75, 3.05) is 18.6 Å². The maximum absolute atomic E-state index is 9.09. The molecule has 0 aliphatic carbocycles. The SMILES string of the molecule is CSCC[C@@H](CO)n1cccc1. The molecule has 0 saturated carbocycles. The summed E-state index contributed by atoms with van der Waals surface area (Å²) in [6.07, 6.45) is 7.12. The van der Waals surface area contributed by atoms with Crippen molar-refractivity contribution < 1.29 is 5.11 Å². The minimum Gasteiger partial charge on any atom is -0.394 e. The Morgan fingerprint density at radius 2 is 2.08 bits per heavy atom. The standard InChI is InChI=1S/C9H15NOS/c1-12-7-4-9(8-11)10-5-2-3-6-10/h2-3,5-6,9,11H,4,7-8H2,1H3/t9-/m0/s1. The molecule has 0 bridgehead atoms. The molecule has 0 spiro atoms. The van der Waals surface area contributed by atoms with E-state index in [4.69, 9.17) is 5.11 Å². The van der Waals surface area contributed by atoms with Crippen LogP contribution in [0.15, 0.2) is 24.5 Å². The number of rotatable bonds is 5. The van der Waals surface area contributed by atoms with Gasteiger partial charge in [0.15, 0.2) is 0 Å². The second kappa shape index (κ2) is 5.27. The fraction of sp³-hybridized carbons (Fsp3) is 0.556. The lowest BCUT2D eigenvalue weighted by Gasteiger charge is -2.15. The van der Waals surface area contributed by atoms with Gasteiger partial charge in [0.2, 0.25) is 0 Å². The maximum atomic E-state index is 9.09. The Balaban J connectivity index is 2.45. The van der Waals surface area contributed by atoms with Crippen LogP contribution in [0.5, 0.6) is 0 Å². The summed E-state index contributed by atoms with van der Waals surface area (Å²) < 4.78 is 2.07. The van der Waals surface area contributed by atoms with Crippen molar-refractivity contribution in [3.63, 3.8) is 0 Å². The van der Waals surface area contributed by atoms with Gasteiger partial charge in [0.05, 0.1) is 12.6 Å². The molecule has 0 fully saturated rings. The van der Waals surface area contributed by atoms with Gasteiger partial charge in [0.1, 0.15) is 0 Å². The van der Waals surface area contributed by atoms with E-state index in [2.05, 4.69) is 10.8 Å². The Kier molecular flexibility index (Phi) is 4.25. The summed E-state index contributed by atoms with van der Waals surface area (Å²) in [4.78, 5) is 0. The maximum Gasteiger partial charge on any atom is 0.0639 e. The fourth-order valence-electron chi connectivity index (χ4n) is 1.18. The van der Waals surface area contributed by atoms with Crippen molar-refractivity contribution in [2.24, 2.45) is 0 Å². The lowest BCUT2D eigenvalue weighted by molar-refractivity contribution is 0.225. The Hall–Kier alpha value is -0.410. The van der Waals surface area contributed by atoms with E-state index in [0.717, 1.165) is 12.2 Å². The minimum atomic E-state index is 0.231. The molecule has 1 aromatic rings. The molecular formula is C9H15NOS. The third-order valence-electron chi connectivity index (χ3n) is 1.92. The van der Waals surface area contributed by atoms with Gasteiger partial charge >= 0.3 is 0 Å². The van der Waals surface area contributed by atoms with E-state index in [1.165, 1.54) is 0 Å². The van der Waals surface area contributed by atoms with Crippen molar-refractivity contribution in [2.45, 2.75) is 12.5 Å². The Morgan fingerprint density at radius 3 is 2.58 bits per heavy atom. The number of thioether (sulfide) groups is 1. The largest absolute Gasteiger partial charge is 0.394 e. The van der Waals surface area contributed by atoms with Crippen LogP contribution >= 0.6 is 11.8 Å². The van der Waals surface area contributed by atoms with Gasteiger partial charge < -0.3 is 9.67 Å².